The summed E-state index contributed by atoms with van der Waals surface area (Å²) in [7, 11) is 1.70. The zero-order valence-corrected chi connectivity index (χ0v) is 33.7. The molecule has 0 aliphatic carbocycles. The summed E-state index contributed by atoms with van der Waals surface area (Å²) in [5.74, 6) is 2.35. The standard InChI is InChI=1S/C46H48N3O6P/c1-7-54-56(50,55-8-2)30-29-47-45-27-19-38(48(34-11-9-33(3)10-12-34)35-13-21-40(51-4)22-14-35)31-43(45)44-32-39(20-28-46(44)47)49(36-15-23-41(52-5)24-16-36)37-17-25-42(53-6)26-18-37/h9-28,31-32H,7-8,29-30H2,1-6H3. The van der Waals surface area contributed by atoms with Gasteiger partial charge in [0.1, 0.15) is 17.2 Å². The average Bonchev–Trinajstić information content (AvgIpc) is 3.54. The molecule has 0 spiro atoms. The summed E-state index contributed by atoms with van der Waals surface area (Å²) in [4.78, 5) is 4.48. The molecule has 6 aromatic carbocycles. The lowest BCUT2D eigenvalue weighted by molar-refractivity contribution is 0.219. The van der Waals surface area contributed by atoms with Gasteiger partial charge in [-0.15, -0.1) is 0 Å². The maximum Gasteiger partial charge on any atom is 0.332 e. The number of rotatable bonds is 16. The number of anilines is 6. The molecule has 0 bridgehead atoms. The van der Waals surface area contributed by atoms with E-state index in [9.17, 15) is 4.57 Å². The molecule has 0 fully saturated rings. The molecule has 0 unspecified atom stereocenters. The SMILES string of the molecule is CCOP(=O)(CCn1c2ccc(N(c3ccc(C)cc3)c3ccc(OC)cc3)cc2c2cc(N(c3ccc(OC)cc3)c3ccc(OC)cc3)ccc21)OCC. The number of hydrogen-bond donors (Lipinski definition) is 0. The van der Waals surface area contributed by atoms with Crippen LogP contribution in [0.2, 0.25) is 0 Å². The van der Waals surface area contributed by atoms with Gasteiger partial charge in [0, 0.05) is 62.5 Å². The summed E-state index contributed by atoms with van der Waals surface area (Å²) in [6.45, 7) is 6.84. The van der Waals surface area contributed by atoms with Gasteiger partial charge in [0.2, 0.25) is 0 Å². The van der Waals surface area contributed by atoms with E-state index >= 15 is 0 Å². The molecular formula is C46H48N3O6P. The fraction of sp³-hybridized carbons (Fsp3) is 0.217. The fourth-order valence-corrected chi connectivity index (χ4v) is 8.73. The lowest BCUT2D eigenvalue weighted by atomic mass is 10.1. The maximum atomic E-state index is 13.8. The van der Waals surface area contributed by atoms with Crippen LogP contribution in [0.3, 0.4) is 0 Å². The number of hydrogen-bond acceptors (Lipinski definition) is 8. The van der Waals surface area contributed by atoms with E-state index in [0.29, 0.717) is 19.8 Å². The molecule has 0 radical (unpaired) electrons. The van der Waals surface area contributed by atoms with Crippen LogP contribution in [0.1, 0.15) is 19.4 Å². The zero-order valence-electron chi connectivity index (χ0n) is 32.8. The molecule has 288 valence electrons. The minimum Gasteiger partial charge on any atom is -0.497 e. The molecule has 9 nitrogen and oxygen atoms in total. The molecule has 7 rings (SSSR count). The van der Waals surface area contributed by atoms with Crippen LogP contribution < -0.4 is 24.0 Å². The third-order valence-electron chi connectivity index (χ3n) is 9.88. The highest BCUT2D eigenvalue weighted by atomic mass is 31.2. The first-order valence-corrected chi connectivity index (χ1v) is 20.5. The van der Waals surface area contributed by atoms with E-state index in [0.717, 1.165) is 73.2 Å². The van der Waals surface area contributed by atoms with Gasteiger partial charge in [0.05, 0.1) is 40.7 Å². The third kappa shape index (κ3) is 7.98. The van der Waals surface area contributed by atoms with E-state index in [2.05, 4.69) is 118 Å². The number of aromatic nitrogens is 1. The van der Waals surface area contributed by atoms with Crippen LogP contribution in [-0.4, -0.2) is 45.3 Å². The van der Waals surface area contributed by atoms with Gasteiger partial charge in [0.25, 0.3) is 0 Å². The van der Waals surface area contributed by atoms with Crippen molar-refractivity contribution in [3.05, 3.63) is 139 Å². The van der Waals surface area contributed by atoms with Gasteiger partial charge in [-0.3, -0.25) is 4.57 Å². The lowest BCUT2D eigenvalue weighted by Gasteiger charge is -2.26. The van der Waals surface area contributed by atoms with E-state index in [1.165, 1.54) is 5.56 Å². The van der Waals surface area contributed by atoms with Gasteiger partial charge in [-0.1, -0.05) is 17.7 Å². The zero-order chi connectivity index (χ0) is 39.2. The average molecular weight is 770 g/mol. The summed E-state index contributed by atoms with van der Waals surface area (Å²) in [5.41, 5.74) is 9.14. The van der Waals surface area contributed by atoms with Gasteiger partial charge < -0.3 is 37.6 Å². The largest absolute Gasteiger partial charge is 0.497 e. The van der Waals surface area contributed by atoms with Crippen molar-refractivity contribution in [2.45, 2.75) is 27.3 Å². The van der Waals surface area contributed by atoms with Crippen LogP contribution in [0, 0.1) is 6.92 Å². The molecule has 10 heteroatoms. The first-order chi connectivity index (χ1) is 27.3. The quantitative estimate of drug-likeness (QED) is 0.0900. The van der Waals surface area contributed by atoms with Crippen LogP contribution in [0.15, 0.2) is 133 Å². The molecule has 0 saturated carbocycles. The van der Waals surface area contributed by atoms with Crippen molar-refractivity contribution in [3.63, 3.8) is 0 Å². The Hall–Kier alpha value is -5.73. The topological polar surface area (TPSA) is 74.6 Å². The summed E-state index contributed by atoms with van der Waals surface area (Å²) < 4.78 is 44.0. The Bertz CT molecular complexity index is 2390. The fourth-order valence-electron chi connectivity index (χ4n) is 7.16. The number of fused-ring (bicyclic) bond motifs is 3. The molecule has 0 saturated heterocycles. The lowest BCUT2D eigenvalue weighted by Crippen LogP contribution is -2.10. The molecule has 1 aromatic heterocycles. The second-order valence-electron chi connectivity index (χ2n) is 13.3. The van der Waals surface area contributed by atoms with E-state index < -0.39 is 7.60 Å². The maximum absolute atomic E-state index is 13.8. The van der Waals surface area contributed by atoms with Gasteiger partial charge >= 0.3 is 7.60 Å². The van der Waals surface area contributed by atoms with Crippen molar-refractivity contribution >= 4 is 63.5 Å². The predicted molar refractivity (Wildman–Crippen MR) is 229 cm³/mol. The van der Waals surface area contributed by atoms with Crippen molar-refractivity contribution in [2.24, 2.45) is 0 Å². The minimum absolute atomic E-state index is 0.238. The monoisotopic (exact) mass is 769 g/mol. The molecule has 0 N–H and O–H groups in total. The molecule has 1 heterocycles. The molecule has 56 heavy (non-hydrogen) atoms. The second-order valence-corrected chi connectivity index (χ2v) is 15.5. The van der Waals surface area contributed by atoms with Crippen LogP contribution >= 0.6 is 7.60 Å². The van der Waals surface area contributed by atoms with Gasteiger partial charge in [-0.25, -0.2) is 0 Å². The first kappa shape index (κ1) is 38.5. The highest BCUT2D eigenvalue weighted by Crippen LogP contribution is 2.49. The van der Waals surface area contributed by atoms with Gasteiger partial charge in [-0.05, 0) is 142 Å². The number of nitrogens with zero attached hydrogens (tertiary/aromatic N) is 3. The Morgan fingerprint density at radius 1 is 0.500 bits per heavy atom. The first-order valence-electron chi connectivity index (χ1n) is 18.8. The van der Waals surface area contributed by atoms with E-state index in [-0.39, 0.29) is 6.16 Å². The molecule has 0 amide bonds. The number of benzene rings is 6. The van der Waals surface area contributed by atoms with E-state index in [4.69, 9.17) is 23.3 Å². The van der Waals surface area contributed by atoms with Crippen LogP contribution in [0.25, 0.3) is 21.8 Å². The van der Waals surface area contributed by atoms with Crippen LogP contribution in [-0.2, 0) is 20.2 Å². The molecular weight excluding hydrogens is 721 g/mol. The minimum atomic E-state index is -3.32. The van der Waals surface area contributed by atoms with Gasteiger partial charge in [-0.2, -0.15) is 0 Å². The van der Waals surface area contributed by atoms with E-state index in [1.54, 1.807) is 21.3 Å². The number of aryl methyl sites for hydroxylation is 2. The van der Waals surface area contributed by atoms with E-state index in [1.807, 2.05) is 50.2 Å². The van der Waals surface area contributed by atoms with Crippen molar-refractivity contribution in [3.8, 4) is 17.2 Å². The molecule has 0 aliphatic rings. The molecule has 7 aromatic rings. The van der Waals surface area contributed by atoms with Crippen LogP contribution in [0.5, 0.6) is 17.2 Å². The smallest absolute Gasteiger partial charge is 0.332 e. The summed E-state index contributed by atoms with van der Waals surface area (Å²) >= 11 is 0. The Morgan fingerprint density at radius 3 is 1.18 bits per heavy atom. The summed E-state index contributed by atoms with van der Waals surface area (Å²) in [5, 5.41) is 2.10. The molecule has 0 atom stereocenters. The van der Waals surface area contributed by atoms with Crippen LogP contribution in [0.4, 0.5) is 34.1 Å². The Morgan fingerprint density at radius 2 is 0.839 bits per heavy atom. The Labute approximate surface area is 329 Å². The Balaban J connectivity index is 1.44. The predicted octanol–water partition coefficient (Wildman–Crippen LogP) is 12.3. The number of methoxy groups -OCH3 is 3. The Kier molecular flexibility index (Phi) is 11.7. The van der Waals surface area contributed by atoms with Crippen molar-refractivity contribution in [1.82, 2.24) is 4.57 Å². The normalized spacial score (nSPS) is 11.5. The van der Waals surface area contributed by atoms with Crippen molar-refractivity contribution in [2.75, 3.05) is 50.5 Å². The third-order valence-corrected chi connectivity index (χ3v) is 11.9. The summed E-state index contributed by atoms with van der Waals surface area (Å²) in [6.07, 6.45) is 0.238. The second kappa shape index (κ2) is 17.0. The van der Waals surface area contributed by atoms with Gasteiger partial charge in [0.15, 0.2) is 0 Å². The highest BCUT2D eigenvalue weighted by Gasteiger charge is 2.25. The summed E-state index contributed by atoms with van der Waals surface area (Å²) in [6, 6.07) is 45.8. The highest BCUT2D eigenvalue weighted by molar-refractivity contribution is 7.53. The number of ether oxygens (including phenoxy) is 3. The van der Waals surface area contributed by atoms with Crippen molar-refractivity contribution in [1.29, 1.82) is 0 Å². The van der Waals surface area contributed by atoms with Crippen molar-refractivity contribution < 1.29 is 27.8 Å². The molecule has 0 aliphatic heterocycles.